The molecule has 0 amide bonds. The number of carbonyl (C=O) groups is 1. The van der Waals surface area contributed by atoms with Gasteiger partial charge in [0.05, 0.1) is 27.4 Å². The lowest BCUT2D eigenvalue weighted by atomic mass is 9.86. The molecule has 0 saturated carbocycles. The number of hydrogen-bond acceptors (Lipinski definition) is 4. The standard InChI is InChI=1S/C20H26O4/c1-14(2)17-10-20(3,11-18(17)19(21)23-5)13-24-12-15-6-8-16(22-4)9-7-15/h6-9H,1,10-13H2,2-5H3. The average molecular weight is 330 g/mol. The summed E-state index contributed by atoms with van der Waals surface area (Å²) in [6.45, 7) is 9.18. The topological polar surface area (TPSA) is 44.8 Å². The first-order chi connectivity index (χ1) is 11.4. The van der Waals surface area contributed by atoms with Crippen molar-refractivity contribution in [3.63, 3.8) is 0 Å². The second-order valence-corrected chi connectivity index (χ2v) is 6.73. The molecule has 0 fully saturated rings. The van der Waals surface area contributed by atoms with Gasteiger partial charge in [-0.15, -0.1) is 0 Å². The monoisotopic (exact) mass is 330 g/mol. The van der Waals surface area contributed by atoms with Crippen molar-refractivity contribution in [1.29, 1.82) is 0 Å². The average Bonchev–Trinajstić information content (AvgIpc) is 2.93. The number of rotatable bonds is 7. The molecule has 0 radical (unpaired) electrons. The lowest BCUT2D eigenvalue weighted by Gasteiger charge is -2.24. The summed E-state index contributed by atoms with van der Waals surface area (Å²) in [5.41, 5.74) is 3.66. The molecule has 1 aromatic rings. The van der Waals surface area contributed by atoms with Crippen LogP contribution in [0.4, 0.5) is 0 Å². The number of allylic oxidation sites excluding steroid dienone is 2. The molecule has 0 N–H and O–H groups in total. The minimum absolute atomic E-state index is 0.107. The largest absolute Gasteiger partial charge is 0.497 e. The van der Waals surface area contributed by atoms with Crippen molar-refractivity contribution in [1.82, 2.24) is 0 Å². The van der Waals surface area contributed by atoms with Gasteiger partial charge in [0.15, 0.2) is 0 Å². The summed E-state index contributed by atoms with van der Waals surface area (Å²) in [7, 11) is 3.07. The van der Waals surface area contributed by atoms with Crippen LogP contribution in [-0.2, 0) is 20.9 Å². The van der Waals surface area contributed by atoms with Gasteiger partial charge < -0.3 is 14.2 Å². The van der Waals surface area contributed by atoms with Crippen LogP contribution in [0.25, 0.3) is 0 Å². The molecule has 4 heteroatoms. The maximum absolute atomic E-state index is 12.0. The van der Waals surface area contributed by atoms with E-state index in [-0.39, 0.29) is 11.4 Å². The highest BCUT2D eigenvalue weighted by molar-refractivity contribution is 5.91. The van der Waals surface area contributed by atoms with Crippen LogP contribution in [0.5, 0.6) is 5.75 Å². The highest BCUT2D eigenvalue weighted by Crippen LogP contribution is 2.44. The van der Waals surface area contributed by atoms with Crippen molar-refractivity contribution >= 4 is 5.97 Å². The van der Waals surface area contributed by atoms with Crippen LogP contribution in [-0.4, -0.2) is 26.8 Å². The van der Waals surface area contributed by atoms with E-state index in [1.807, 2.05) is 31.2 Å². The van der Waals surface area contributed by atoms with Crippen LogP contribution in [0.1, 0.15) is 32.3 Å². The Kier molecular flexibility index (Phi) is 5.84. The van der Waals surface area contributed by atoms with E-state index >= 15 is 0 Å². The van der Waals surface area contributed by atoms with Gasteiger partial charge in [0.2, 0.25) is 0 Å². The van der Waals surface area contributed by atoms with E-state index in [0.717, 1.165) is 34.5 Å². The lowest BCUT2D eigenvalue weighted by molar-refractivity contribution is -0.136. The number of methoxy groups -OCH3 is 2. The van der Waals surface area contributed by atoms with Crippen LogP contribution in [0, 0.1) is 5.41 Å². The summed E-state index contributed by atoms with van der Waals surface area (Å²) in [6.07, 6.45) is 1.44. The summed E-state index contributed by atoms with van der Waals surface area (Å²) < 4.78 is 16.0. The number of ether oxygens (including phenoxy) is 3. The molecule has 0 aromatic heterocycles. The molecule has 1 unspecified atom stereocenters. The molecule has 130 valence electrons. The van der Waals surface area contributed by atoms with E-state index in [9.17, 15) is 4.79 Å². The zero-order valence-corrected chi connectivity index (χ0v) is 15.0. The molecule has 0 saturated heterocycles. The lowest BCUT2D eigenvalue weighted by Crippen LogP contribution is -2.21. The predicted molar refractivity (Wildman–Crippen MR) is 93.8 cm³/mol. The molecule has 24 heavy (non-hydrogen) atoms. The Balaban J connectivity index is 1.95. The second kappa shape index (κ2) is 7.67. The van der Waals surface area contributed by atoms with E-state index in [0.29, 0.717) is 19.6 Å². The third-order valence-corrected chi connectivity index (χ3v) is 4.40. The van der Waals surface area contributed by atoms with Crippen LogP contribution in [0.2, 0.25) is 0 Å². The summed E-state index contributed by atoms with van der Waals surface area (Å²) in [5.74, 6) is 0.575. The predicted octanol–water partition coefficient (Wildman–Crippen LogP) is 4.06. The molecular weight excluding hydrogens is 304 g/mol. The third-order valence-electron chi connectivity index (χ3n) is 4.40. The summed E-state index contributed by atoms with van der Waals surface area (Å²) >= 11 is 0. The fraction of sp³-hybridized carbons (Fsp3) is 0.450. The molecule has 1 aromatic carbocycles. The van der Waals surface area contributed by atoms with Gasteiger partial charge >= 0.3 is 5.97 Å². The minimum Gasteiger partial charge on any atom is -0.497 e. The molecule has 0 spiro atoms. The molecule has 4 nitrogen and oxygen atoms in total. The molecule has 1 aliphatic carbocycles. The van der Waals surface area contributed by atoms with Crippen molar-refractivity contribution in [3.05, 3.63) is 53.1 Å². The number of hydrogen-bond donors (Lipinski definition) is 0. The summed E-state index contributed by atoms with van der Waals surface area (Å²) in [6, 6.07) is 7.83. The van der Waals surface area contributed by atoms with Crippen molar-refractivity contribution in [3.8, 4) is 5.75 Å². The molecule has 0 heterocycles. The fourth-order valence-electron chi connectivity index (χ4n) is 3.10. The van der Waals surface area contributed by atoms with Gasteiger partial charge in [-0.1, -0.05) is 31.2 Å². The van der Waals surface area contributed by atoms with E-state index < -0.39 is 0 Å². The Hall–Kier alpha value is -2.07. The first-order valence-electron chi connectivity index (χ1n) is 8.05. The smallest absolute Gasteiger partial charge is 0.334 e. The second-order valence-electron chi connectivity index (χ2n) is 6.73. The highest BCUT2D eigenvalue weighted by atomic mass is 16.5. The molecule has 0 aliphatic heterocycles. The first kappa shape index (κ1) is 18.3. The minimum atomic E-state index is -0.258. The van der Waals surface area contributed by atoms with Gasteiger partial charge in [0.1, 0.15) is 5.75 Å². The fourth-order valence-corrected chi connectivity index (χ4v) is 3.10. The van der Waals surface area contributed by atoms with Gasteiger partial charge in [-0.05, 0) is 48.4 Å². The van der Waals surface area contributed by atoms with Crippen molar-refractivity contribution < 1.29 is 19.0 Å². The quantitative estimate of drug-likeness (QED) is 0.707. The molecule has 1 atom stereocenters. The molecule has 1 aliphatic rings. The molecule has 2 rings (SSSR count). The Morgan fingerprint density at radius 1 is 1.17 bits per heavy atom. The van der Waals surface area contributed by atoms with Gasteiger partial charge in [-0.3, -0.25) is 0 Å². The van der Waals surface area contributed by atoms with Gasteiger partial charge in [-0.25, -0.2) is 4.79 Å². The zero-order chi connectivity index (χ0) is 17.7. The number of carbonyl (C=O) groups excluding carboxylic acids is 1. The number of esters is 1. The van der Waals surface area contributed by atoms with Crippen molar-refractivity contribution in [2.24, 2.45) is 5.41 Å². The molecular formula is C20H26O4. The third kappa shape index (κ3) is 4.26. The van der Waals surface area contributed by atoms with Crippen molar-refractivity contribution in [2.75, 3.05) is 20.8 Å². The number of benzene rings is 1. The highest BCUT2D eigenvalue weighted by Gasteiger charge is 2.38. The SMILES string of the molecule is C=C(C)C1=C(C(=O)OC)CC(C)(COCc2ccc(OC)cc2)C1. The normalized spacial score (nSPS) is 20.2. The van der Waals surface area contributed by atoms with E-state index in [1.165, 1.54) is 7.11 Å². The summed E-state index contributed by atoms with van der Waals surface area (Å²) in [5, 5.41) is 0. The summed E-state index contributed by atoms with van der Waals surface area (Å²) in [4.78, 5) is 12.0. The Labute approximate surface area is 144 Å². The van der Waals surface area contributed by atoms with E-state index in [1.54, 1.807) is 7.11 Å². The van der Waals surface area contributed by atoms with Crippen molar-refractivity contribution in [2.45, 2.75) is 33.3 Å². The van der Waals surface area contributed by atoms with Crippen LogP contribution in [0.3, 0.4) is 0 Å². The van der Waals surface area contributed by atoms with Crippen LogP contribution >= 0.6 is 0 Å². The Morgan fingerprint density at radius 3 is 2.33 bits per heavy atom. The van der Waals surface area contributed by atoms with Gasteiger partial charge in [0, 0.05) is 5.57 Å². The Morgan fingerprint density at radius 2 is 1.79 bits per heavy atom. The molecule has 0 bridgehead atoms. The Bertz CT molecular complexity index is 642. The van der Waals surface area contributed by atoms with Crippen LogP contribution < -0.4 is 4.74 Å². The van der Waals surface area contributed by atoms with E-state index in [2.05, 4.69) is 13.5 Å². The van der Waals surface area contributed by atoms with E-state index in [4.69, 9.17) is 14.2 Å². The van der Waals surface area contributed by atoms with Crippen LogP contribution in [0.15, 0.2) is 47.6 Å². The maximum atomic E-state index is 12.0. The maximum Gasteiger partial charge on any atom is 0.334 e. The zero-order valence-electron chi connectivity index (χ0n) is 15.0. The first-order valence-corrected chi connectivity index (χ1v) is 8.05. The van der Waals surface area contributed by atoms with Gasteiger partial charge in [0.25, 0.3) is 0 Å². The van der Waals surface area contributed by atoms with Gasteiger partial charge in [-0.2, -0.15) is 0 Å².